The third-order valence-electron chi connectivity index (χ3n) is 3.85. The van der Waals surface area contributed by atoms with Crippen molar-refractivity contribution in [2.45, 2.75) is 26.2 Å². The van der Waals surface area contributed by atoms with Crippen molar-refractivity contribution in [3.63, 3.8) is 0 Å². The maximum atomic E-state index is 12.4. The number of nitrogens with one attached hydrogen (secondary N) is 2. The van der Waals surface area contributed by atoms with Crippen molar-refractivity contribution in [2.75, 3.05) is 5.32 Å². The number of carbonyl (C=O) groups is 1. The molecule has 0 bridgehead atoms. The van der Waals surface area contributed by atoms with Crippen molar-refractivity contribution in [1.82, 2.24) is 9.97 Å². The lowest BCUT2D eigenvalue weighted by Gasteiger charge is -2.19. The number of H-pyrrole nitrogens is 1. The molecule has 24 heavy (non-hydrogen) atoms. The average Bonchev–Trinajstić information content (AvgIpc) is 3.03. The van der Waals surface area contributed by atoms with Crippen molar-refractivity contribution in [3.8, 4) is 0 Å². The van der Waals surface area contributed by atoms with E-state index in [0.717, 1.165) is 5.69 Å². The van der Waals surface area contributed by atoms with Gasteiger partial charge in [-0.1, -0.05) is 63.2 Å². The smallest absolute Gasteiger partial charge is 0.210 e. The number of aromatic nitrogens is 2. The normalized spacial score (nSPS) is 11.3. The summed E-state index contributed by atoms with van der Waals surface area (Å²) in [7, 11) is 0. The zero-order valence-electron chi connectivity index (χ0n) is 14.1. The zero-order valence-corrected chi connectivity index (χ0v) is 14.1. The molecule has 0 radical (unpaired) electrons. The van der Waals surface area contributed by atoms with Gasteiger partial charge in [0.15, 0.2) is 0 Å². The number of ketones is 1. The number of rotatable bonds is 4. The van der Waals surface area contributed by atoms with Crippen molar-refractivity contribution in [2.24, 2.45) is 0 Å². The van der Waals surface area contributed by atoms with Crippen molar-refractivity contribution in [1.29, 1.82) is 0 Å². The lowest BCUT2D eigenvalue weighted by Crippen LogP contribution is -2.11. The maximum Gasteiger partial charge on any atom is 0.210 e. The molecule has 0 aliphatic heterocycles. The van der Waals surface area contributed by atoms with Gasteiger partial charge in [-0.25, -0.2) is 4.98 Å². The van der Waals surface area contributed by atoms with Crippen LogP contribution in [0, 0.1) is 0 Å². The monoisotopic (exact) mass is 319 g/mol. The van der Waals surface area contributed by atoms with Crippen molar-refractivity contribution >= 4 is 17.4 Å². The molecule has 0 aliphatic rings. The summed E-state index contributed by atoms with van der Waals surface area (Å²) in [5.41, 5.74) is 3.36. The lowest BCUT2D eigenvalue weighted by molar-refractivity contribution is 0.103. The van der Waals surface area contributed by atoms with E-state index in [0.29, 0.717) is 17.2 Å². The summed E-state index contributed by atoms with van der Waals surface area (Å²) in [5.74, 6) is 0.486. The van der Waals surface area contributed by atoms with Crippen LogP contribution >= 0.6 is 0 Å². The highest BCUT2D eigenvalue weighted by Crippen LogP contribution is 2.25. The molecule has 2 N–H and O–H groups in total. The van der Waals surface area contributed by atoms with Crippen LogP contribution in [0.1, 0.15) is 42.4 Å². The van der Waals surface area contributed by atoms with Crippen LogP contribution in [0.15, 0.2) is 60.8 Å². The minimum Gasteiger partial charge on any atom is -0.326 e. The summed E-state index contributed by atoms with van der Waals surface area (Å²) in [4.78, 5) is 19.7. The predicted molar refractivity (Wildman–Crippen MR) is 96.9 cm³/mol. The first kappa shape index (κ1) is 16.0. The van der Waals surface area contributed by atoms with Gasteiger partial charge < -0.3 is 10.3 Å². The molecule has 3 rings (SSSR count). The van der Waals surface area contributed by atoms with E-state index in [4.69, 9.17) is 0 Å². The highest BCUT2D eigenvalue weighted by atomic mass is 16.1. The van der Waals surface area contributed by atoms with Gasteiger partial charge in [-0.05, 0) is 23.1 Å². The van der Waals surface area contributed by atoms with Crippen LogP contribution in [-0.2, 0) is 5.41 Å². The van der Waals surface area contributed by atoms with Crippen LogP contribution in [0.2, 0.25) is 0 Å². The third-order valence-corrected chi connectivity index (χ3v) is 3.85. The topological polar surface area (TPSA) is 57.8 Å². The highest BCUT2D eigenvalue weighted by Gasteiger charge is 2.15. The molecular weight excluding hydrogens is 298 g/mol. The molecule has 4 heteroatoms. The number of aromatic amines is 1. The second-order valence-electron chi connectivity index (χ2n) is 6.80. The summed E-state index contributed by atoms with van der Waals surface area (Å²) >= 11 is 0. The first-order chi connectivity index (χ1) is 11.4. The van der Waals surface area contributed by atoms with Crippen LogP contribution in [-0.4, -0.2) is 15.8 Å². The van der Waals surface area contributed by atoms with Gasteiger partial charge in [0.05, 0.1) is 6.20 Å². The van der Waals surface area contributed by atoms with E-state index in [-0.39, 0.29) is 11.2 Å². The van der Waals surface area contributed by atoms with E-state index in [1.54, 1.807) is 18.3 Å². The highest BCUT2D eigenvalue weighted by molar-refractivity contribution is 6.07. The average molecular weight is 319 g/mol. The number of imidazole rings is 1. The Kier molecular flexibility index (Phi) is 4.21. The molecule has 0 aliphatic carbocycles. The summed E-state index contributed by atoms with van der Waals surface area (Å²) in [6.07, 6.45) is 1.56. The van der Waals surface area contributed by atoms with E-state index in [9.17, 15) is 4.79 Å². The molecule has 2 aromatic carbocycles. The standard InChI is InChI=1S/C20H21N3O/c1-20(2,3)15-10-7-11-16(12-15)22-19-21-13-17(23-19)18(24)14-8-5-4-6-9-14/h4-13H,1-3H3,(H2,21,22,23). The Morgan fingerprint density at radius 2 is 1.79 bits per heavy atom. The number of benzene rings is 2. The van der Waals surface area contributed by atoms with Crippen LogP contribution in [0.4, 0.5) is 11.6 Å². The molecule has 122 valence electrons. The molecule has 1 aromatic heterocycles. The Morgan fingerprint density at radius 3 is 2.50 bits per heavy atom. The Hall–Kier alpha value is -2.88. The van der Waals surface area contributed by atoms with Crippen LogP contribution in [0.3, 0.4) is 0 Å². The largest absolute Gasteiger partial charge is 0.326 e. The van der Waals surface area contributed by atoms with Gasteiger partial charge in [0.2, 0.25) is 11.7 Å². The Balaban J connectivity index is 1.79. The van der Waals surface area contributed by atoms with Crippen molar-refractivity contribution < 1.29 is 4.79 Å². The minimum absolute atomic E-state index is 0.0698. The van der Waals surface area contributed by atoms with Crippen LogP contribution in [0.5, 0.6) is 0 Å². The molecule has 0 unspecified atom stereocenters. The van der Waals surface area contributed by atoms with Crippen molar-refractivity contribution in [3.05, 3.63) is 77.6 Å². The van der Waals surface area contributed by atoms with Gasteiger partial charge in [-0.3, -0.25) is 4.79 Å². The SMILES string of the molecule is CC(C)(C)c1cccc(Nc2ncc(C(=O)c3ccccc3)[nH]2)c1. The number of hydrogen-bond donors (Lipinski definition) is 2. The van der Waals surface area contributed by atoms with Gasteiger partial charge in [0, 0.05) is 11.3 Å². The molecular formula is C20H21N3O. The number of nitrogens with zero attached hydrogens (tertiary/aromatic N) is 1. The fourth-order valence-electron chi connectivity index (χ4n) is 2.45. The molecule has 0 spiro atoms. The van der Waals surface area contributed by atoms with E-state index in [1.165, 1.54) is 5.56 Å². The molecule has 0 amide bonds. The number of anilines is 2. The maximum absolute atomic E-state index is 12.4. The summed E-state index contributed by atoms with van der Waals surface area (Å²) in [5, 5.41) is 3.22. The van der Waals surface area contributed by atoms with E-state index in [2.05, 4.69) is 48.2 Å². The first-order valence-corrected chi connectivity index (χ1v) is 7.96. The second-order valence-corrected chi connectivity index (χ2v) is 6.80. The van der Waals surface area contributed by atoms with Gasteiger partial charge in [0.25, 0.3) is 0 Å². The van der Waals surface area contributed by atoms with Crippen LogP contribution < -0.4 is 5.32 Å². The summed E-state index contributed by atoms with van der Waals surface area (Å²) in [6, 6.07) is 17.4. The van der Waals surface area contributed by atoms with E-state index >= 15 is 0 Å². The Morgan fingerprint density at radius 1 is 1.04 bits per heavy atom. The fourth-order valence-corrected chi connectivity index (χ4v) is 2.45. The molecule has 1 heterocycles. The Labute approximate surface area is 142 Å². The van der Waals surface area contributed by atoms with Gasteiger partial charge in [-0.2, -0.15) is 0 Å². The number of hydrogen-bond acceptors (Lipinski definition) is 3. The van der Waals surface area contributed by atoms with Gasteiger partial charge in [0.1, 0.15) is 5.69 Å². The molecule has 0 saturated carbocycles. The lowest BCUT2D eigenvalue weighted by atomic mass is 9.87. The molecule has 0 saturated heterocycles. The first-order valence-electron chi connectivity index (χ1n) is 7.96. The molecule has 3 aromatic rings. The van der Waals surface area contributed by atoms with E-state index in [1.807, 2.05) is 30.3 Å². The zero-order chi connectivity index (χ0) is 17.2. The minimum atomic E-state index is -0.0698. The molecule has 0 fully saturated rings. The number of carbonyl (C=O) groups excluding carboxylic acids is 1. The second kappa shape index (κ2) is 6.32. The summed E-state index contributed by atoms with van der Waals surface area (Å²) in [6.45, 7) is 6.53. The molecule has 0 atom stereocenters. The fraction of sp³-hybridized carbons (Fsp3) is 0.200. The van der Waals surface area contributed by atoms with Gasteiger partial charge >= 0.3 is 0 Å². The Bertz CT molecular complexity index is 845. The predicted octanol–water partition coefficient (Wildman–Crippen LogP) is 4.68. The quantitative estimate of drug-likeness (QED) is 0.686. The van der Waals surface area contributed by atoms with Crippen LogP contribution in [0.25, 0.3) is 0 Å². The van der Waals surface area contributed by atoms with Gasteiger partial charge in [-0.15, -0.1) is 0 Å². The molecule has 4 nitrogen and oxygen atoms in total. The van der Waals surface area contributed by atoms with E-state index < -0.39 is 0 Å². The summed E-state index contributed by atoms with van der Waals surface area (Å²) < 4.78 is 0. The third kappa shape index (κ3) is 3.54.